The number of aryl methyl sites for hydroxylation is 1. The molecule has 3 rings (SSSR count). The van der Waals surface area contributed by atoms with Gasteiger partial charge in [-0.25, -0.2) is 4.98 Å². The van der Waals surface area contributed by atoms with E-state index >= 15 is 0 Å². The second-order valence-corrected chi connectivity index (χ2v) is 7.31. The summed E-state index contributed by atoms with van der Waals surface area (Å²) in [6.45, 7) is 5.41. The van der Waals surface area contributed by atoms with Crippen molar-refractivity contribution >= 4 is 11.3 Å². The average molecular weight is 378 g/mol. The van der Waals surface area contributed by atoms with E-state index in [1.165, 1.54) is 5.56 Å². The van der Waals surface area contributed by atoms with Crippen LogP contribution in [0.25, 0.3) is 0 Å². The Hall–Kier alpha value is -2.68. The van der Waals surface area contributed by atoms with Crippen molar-refractivity contribution in [1.29, 1.82) is 5.26 Å². The molecule has 1 atom stereocenters. The van der Waals surface area contributed by atoms with Crippen molar-refractivity contribution in [2.75, 3.05) is 0 Å². The van der Waals surface area contributed by atoms with E-state index in [0.29, 0.717) is 12.2 Å². The largest absolute Gasteiger partial charge is 0.489 e. The number of ether oxygens (including phenoxy) is 1. The van der Waals surface area contributed by atoms with Gasteiger partial charge in [0.2, 0.25) is 0 Å². The summed E-state index contributed by atoms with van der Waals surface area (Å²) >= 11 is 1.71. The van der Waals surface area contributed by atoms with Gasteiger partial charge < -0.3 is 10.1 Å². The first-order valence-corrected chi connectivity index (χ1v) is 9.92. The molecular weight excluding hydrogens is 354 g/mol. The van der Waals surface area contributed by atoms with Gasteiger partial charge in [0.05, 0.1) is 17.7 Å². The molecule has 0 amide bonds. The van der Waals surface area contributed by atoms with E-state index in [4.69, 9.17) is 10.00 Å². The van der Waals surface area contributed by atoms with Crippen LogP contribution in [-0.4, -0.2) is 4.98 Å². The molecule has 1 aromatic heterocycles. The van der Waals surface area contributed by atoms with E-state index < -0.39 is 0 Å². The number of benzene rings is 2. The van der Waals surface area contributed by atoms with E-state index in [-0.39, 0.29) is 6.04 Å². The van der Waals surface area contributed by atoms with Crippen molar-refractivity contribution in [3.63, 3.8) is 0 Å². The Morgan fingerprint density at radius 3 is 2.74 bits per heavy atom. The fourth-order valence-electron chi connectivity index (χ4n) is 2.82. The lowest BCUT2D eigenvalue weighted by Gasteiger charge is -2.15. The maximum Gasteiger partial charge on any atom is 0.120 e. The van der Waals surface area contributed by atoms with Gasteiger partial charge in [-0.1, -0.05) is 31.2 Å². The Kier molecular flexibility index (Phi) is 6.59. The molecule has 3 aromatic rings. The predicted molar refractivity (Wildman–Crippen MR) is 109 cm³/mol. The topological polar surface area (TPSA) is 57.9 Å². The van der Waals surface area contributed by atoms with Crippen LogP contribution in [0, 0.1) is 18.3 Å². The summed E-state index contributed by atoms with van der Waals surface area (Å²) in [5.41, 5.74) is 3.89. The first-order valence-electron chi connectivity index (χ1n) is 9.04. The lowest BCUT2D eigenvalue weighted by Crippen LogP contribution is -2.20. The normalized spacial score (nSPS) is 11.7. The van der Waals surface area contributed by atoms with E-state index in [9.17, 15) is 0 Å². The number of thiazole rings is 1. The van der Waals surface area contributed by atoms with Crippen LogP contribution >= 0.6 is 11.3 Å². The molecule has 0 saturated heterocycles. The molecule has 0 saturated carbocycles. The lowest BCUT2D eigenvalue weighted by molar-refractivity contribution is 0.305. The molecule has 1 heterocycles. The smallest absolute Gasteiger partial charge is 0.120 e. The van der Waals surface area contributed by atoms with Crippen molar-refractivity contribution in [3.05, 3.63) is 81.3 Å². The number of nitrogens with one attached hydrogen (secondary N) is 1. The van der Waals surface area contributed by atoms with E-state index in [2.05, 4.69) is 40.8 Å². The van der Waals surface area contributed by atoms with Gasteiger partial charge in [0.1, 0.15) is 17.4 Å². The highest BCUT2D eigenvalue weighted by Gasteiger charge is 2.12. The molecule has 0 fully saturated rings. The fourth-order valence-corrected chi connectivity index (χ4v) is 3.78. The highest BCUT2D eigenvalue weighted by Crippen LogP contribution is 2.22. The van der Waals surface area contributed by atoms with Crippen molar-refractivity contribution in [2.45, 2.75) is 39.5 Å². The predicted octanol–water partition coefficient (Wildman–Crippen LogP) is 5.14. The van der Waals surface area contributed by atoms with Crippen LogP contribution in [-0.2, 0) is 13.2 Å². The first kappa shape index (κ1) is 19.1. The lowest BCUT2D eigenvalue weighted by atomic mass is 10.1. The number of nitrogens with zero attached hydrogens (tertiary/aromatic N) is 2. The van der Waals surface area contributed by atoms with Crippen molar-refractivity contribution in [2.24, 2.45) is 0 Å². The highest BCUT2D eigenvalue weighted by molar-refractivity contribution is 7.09. The number of aromatic nitrogens is 1. The van der Waals surface area contributed by atoms with Crippen LogP contribution in [0.15, 0.2) is 53.9 Å². The number of hydrogen-bond acceptors (Lipinski definition) is 5. The molecule has 1 N–H and O–H groups in total. The zero-order chi connectivity index (χ0) is 19.1. The fraction of sp³-hybridized carbons (Fsp3) is 0.273. The molecule has 1 unspecified atom stereocenters. The van der Waals surface area contributed by atoms with Crippen LogP contribution in [0.5, 0.6) is 5.75 Å². The monoisotopic (exact) mass is 377 g/mol. The molecule has 0 aliphatic rings. The number of hydrogen-bond donors (Lipinski definition) is 1. The third-order valence-corrected chi connectivity index (χ3v) is 5.33. The van der Waals surface area contributed by atoms with Crippen LogP contribution in [0.1, 0.15) is 46.8 Å². The zero-order valence-electron chi connectivity index (χ0n) is 15.6. The average Bonchev–Trinajstić information content (AvgIpc) is 3.13. The Labute approximate surface area is 164 Å². The molecule has 0 spiro atoms. The molecule has 0 bridgehead atoms. The van der Waals surface area contributed by atoms with Gasteiger partial charge in [0.15, 0.2) is 0 Å². The Morgan fingerprint density at radius 2 is 2.00 bits per heavy atom. The minimum absolute atomic E-state index is 0.266. The molecule has 0 radical (unpaired) electrons. The molecule has 2 aromatic carbocycles. The summed E-state index contributed by atoms with van der Waals surface area (Å²) in [6.07, 6.45) is 0.998. The van der Waals surface area contributed by atoms with Gasteiger partial charge in [-0.05, 0) is 48.7 Å². The maximum atomic E-state index is 8.99. The summed E-state index contributed by atoms with van der Waals surface area (Å²) in [5, 5.41) is 15.8. The molecule has 0 aliphatic carbocycles. The molecule has 138 valence electrons. The number of nitriles is 1. The number of rotatable bonds is 8. The Morgan fingerprint density at radius 1 is 1.19 bits per heavy atom. The first-order chi connectivity index (χ1) is 13.2. The van der Waals surface area contributed by atoms with Crippen LogP contribution in [0.2, 0.25) is 0 Å². The standard InChI is InChI=1S/C22H23N3OS/c1-3-21(22-25-16(2)15-27-22)24-13-18-7-5-9-20(11-18)26-14-19-8-4-6-17(10-19)12-23/h4-11,15,21,24H,3,13-14H2,1-2H3. The molecule has 0 aliphatic heterocycles. The van der Waals surface area contributed by atoms with Gasteiger partial charge in [-0.3, -0.25) is 0 Å². The third-order valence-electron chi connectivity index (χ3n) is 4.26. The zero-order valence-corrected chi connectivity index (χ0v) is 16.4. The minimum atomic E-state index is 0.266. The highest BCUT2D eigenvalue weighted by atomic mass is 32.1. The van der Waals surface area contributed by atoms with Crippen LogP contribution < -0.4 is 10.1 Å². The van der Waals surface area contributed by atoms with E-state index in [0.717, 1.165) is 35.0 Å². The summed E-state index contributed by atoms with van der Waals surface area (Å²) in [7, 11) is 0. The SMILES string of the molecule is CCC(NCc1cccc(OCc2cccc(C#N)c2)c1)c1nc(C)cs1. The minimum Gasteiger partial charge on any atom is -0.489 e. The van der Waals surface area contributed by atoms with E-state index in [1.54, 1.807) is 17.4 Å². The van der Waals surface area contributed by atoms with E-state index in [1.807, 2.05) is 37.3 Å². The van der Waals surface area contributed by atoms with Gasteiger partial charge in [-0.15, -0.1) is 11.3 Å². The van der Waals surface area contributed by atoms with Gasteiger partial charge in [0.25, 0.3) is 0 Å². The Bertz CT molecular complexity index is 929. The van der Waals surface area contributed by atoms with Gasteiger partial charge in [-0.2, -0.15) is 5.26 Å². The maximum absolute atomic E-state index is 8.99. The molecule has 5 heteroatoms. The third kappa shape index (κ3) is 5.40. The molecular formula is C22H23N3OS. The van der Waals surface area contributed by atoms with Crippen LogP contribution in [0.3, 0.4) is 0 Å². The molecule has 27 heavy (non-hydrogen) atoms. The summed E-state index contributed by atoms with van der Waals surface area (Å²) in [4.78, 5) is 4.60. The van der Waals surface area contributed by atoms with Crippen molar-refractivity contribution < 1.29 is 4.74 Å². The second kappa shape index (κ2) is 9.31. The Balaban J connectivity index is 1.59. The summed E-state index contributed by atoms with van der Waals surface area (Å²) < 4.78 is 5.91. The van der Waals surface area contributed by atoms with Gasteiger partial charge >= 0.3 is 0 Å². The molecule has 4 nitrogen and oxygen atoms in total. The van der Waals surface area contributed by atoms with Gasteiger partial charge in [0, 0.05) is 17.6 Å². The van der Waals surface area contributed by atoms with Crippen molar-refractivity contribution in [1.82, 2.24) is 10.3 Å². The van der Waals surface area contributed by atoms with Crippen LogP contribution in [0.4, 0.5) is 0 Å². The van der Waals surface area contributed by atoms with Crippen molar-refractivity contribution in [3.8, 4) is 11.8 Å². The quantitative estimate of drug-likeness (QED) is 0.590. The summed E-state index contributed by atoms with van der Waals surface area (Å²) in [6, 6.07) is 18.0. The second-order valence-electron chi connectivity index (χ2n) is 6.42. The summed E-state index contributed by atoms with van der Waals surface area (Å²) in [5.74, 6) is 0.829.